The maximum atomic E-state index is 5.56. The van der Waals surface area contributed by atoms with Crippen molar-refractivity contribution < 1.29 is 0 Å². The smallest absolute Gasteiger partial charge is 0.163 e. The highest BCUT2D eigenvalue weighted by Crippen LogP contribution is 2.41. The molecule has 3 aromatic rings. The predicted octanol–water partition coefficient (Wildman–Crippen LogP) is 2.35. The van der Waals surface area contributed by atoms with Crippen LogP contribution in [0.3, 0.4) is 0 Å². The van der Waals surface area contributed by atoms with E-state index in [4.69, 9.17) is 10.7 Å². The molecule has 21 heavy (non-hydrogen) atoms. The maximum Gasteiger partial charge on any atom is 0.163 e. The summed E-state index contributed by atoms with van der Waals surface area (Å²) in [7, 11) is 0. The molecule has 1 saturated carbocycles. The van der Waals surface area contributed by atoms with Gasteiger partial charge in [0.05, 0.1) is 23.8 Å². The Morgan fingerprint density at radius 1 is 1.33 bits per heavy atom. The van der Waals surface area contributed by atoms with E-state index >= 15 is 0 Å². The molecule has 6 nitrogen and oxygen atoms in total. The van der Waals surface area contributed by atoms with Gasteiger partial charge in [0.1, 0.15) is 5.69 Å². The van der Waals surface area contributed by atoms with Gasteiger partial charge in [0.15, 0.2) is 5.82 Å². The zero-order chi connectivity index (χ0) is 14.4. The number of imidazole rings is 1. The van der Waals surface area contributed by atoms with Gasteiger partial charge in [-0.3, -0.25) is 4.68 Å². The van der Waals surface area contributed by atoms with Crippen molar-refractivity contribution in [1.29, 1.82) is 0 Å². The van der Waals surface area contributed by atoms with E-state index in [0.717, 1.165) is 27.0 Å². The van der Waals surface area contributed by atoms with Crippen molar-refractivity contribution >= 4 is 27.0 Å². The molecule has 0 aliphatic heterocycles. The molecule has 0 bridgehead atoms. The number of halogens is 1. The van der Waals surface area contributed by atoms with Crippen LogP contribution in [0.25, 0.3) is 22.6 Å². The van der Waals surface area contributed by atoms with Gasteiger partial charge in [-0.05, 0) is 31.0 Å². The number of hydrogen-bond acceptors (Lipinski definition) is 4. The van der Waals surface area contributed by atoms with Crippen molar-refractivity contribution in [2.45, 2.75) is 25.4 Å². The minimum absolute atomic E-state index is 0.533. The molecule has 0 amide bonds. The third-order valence-electron chi connectivity index (χ3n) is 3.69. The lowest BCUT2D eigenvalue weighted by Crippen LogP contribution is -2.10. The molecule has 0 radical (unpaired) electrons. The molecule has 1 aliphatic rings. The predicted molar refractivity (Wildman–Crippen MR) is 83.8 cm³/mol. The van der Waals surface area contributed by atoms with Crippen LogP contribution < -0.4 is 5.73 Å². The second-order valence-corrected chi connectivity index (χ2v) is 6.24. The van der Waals surface area contributed by atoms with Gasteiger partial charge in [0.2, 0.25) is 0 Å². The Morgan fingerprint density at radius 2 is 2.19 bits per heavy atom. The molecule has 108 valence electrons. The summed E-state index contributed by atoms with van der Waals surface area (Å²) in [6, 6.07) is 6.74. The fourth-order valence-electron chi connectivity index (χ4n) is 2.60. The Hall–Kier alpha value is -1.73. The fraction of sp³-hybridized carbons (Fsp3) is 0.357. The summed E-state index contributed by atoms with van der Waals surface area (Å²) < 4.78 is 5.09. The van der Waals surface area contributed by atoms with E-state index in [9.17, 15) is 0 Å². The Kier molecular flexibility index (Phi) is 3.04. The largest absolute Gasteiger partial charge is 0.329 e. The van der Waals surface area contributed by atoms with Crippen LogP contribution in [-0.2, 0) is 6.54 Å². The van der Waals surface area contributed by atoms with E-state index in [1.165, 1.54) is 12.8 Å². The Morgan fingerprint density at radius 3 is 2.95 bits per heavy atom. The second kappa shape index (κ2) is 4.92. The van der Waals surface area contributed by atoms with E-state index in [-0.39, 0.29) is 0 Å². The quantitative estimate of drug-likeness (QED) is 0.786. The molecular formula is C14H15BrN6. The SMILES string of the molecule is NCCn1cc(-c2nc3cc(Br)ccc3n2C2CC2)nn1. The molecule has 1 aliphatic carbocycles. The molecule has 1 aromatic carbocycles. The molecule has 0 unspecified atom stereocenters. The van der Waals surface area contributed by atoms with Crippen LogP contribution in [0.4, 0.5) is 0 Å². The number of rotatable bonds is 4. The fourth-order valence-corrected chi connectivity index (χ4v) is 2.95. The number of hydrogen-bond donors (Lipinski definition) is 1. The Bertz CT molecular complexity index is 801. The summed E-state index contributed by atoms with van der Waals surface area (Å²) in [6.45, 7) is 1.22. The molecule has 4 rings (SSSR count). The topological polar surface area (TPSA) is 74.6 Å². The van der Waals surface area contributed by atoms with Crippen molar-refractivity contribution in [1.82, 2.24) is 24.5 Å². The molecule has 0 saturated heterocycles. The van der Waals surface area contributed by atoms with Crippen LogP contribution >= 0.6 is 15.9 Å². The number of nitrogens with zero attached hydrogens (tertiary/aromatic N) is 5. The zero-order valence-electron chi connectivity index (χ0n) is 11.4. The van der Waals surface area contributed by atoms with Crippen molar-refractivity contribution in [3.05, 3.63) is 28.9 Å². The summed E-state index contributed by atoms with van der Waals surface area (Å²) >= 11 is 3.50. The molecule has 7 heteroatoms. The average Bonchev–Trinajstić information content (AvgIpc) is 3.08. The zero-order valence-corrected chi connectivity index (χ0v) is 13.0. The van der Waals surface area contributed by atoms with Gasteiger partial charge in [-0.25, -0.2) is 4.98 Å². The van der Waals surface area contributed by atoms with E-state index in [1.807, 2.05) is 12.3 Å². The van der Waals surface area contributed by atoms with Crippen LogP contribution in [0.15, 0.2) is 28.9 Å². The van der Waals surface area contributed by atoms with Crippen molar-refractivity contribution in [2.24, 2.45) is 5.73 Å². The average molecular weight is 347 g/mol. The number of aromatic nitrogens is 5. The van der Waals surface area contributed by atoms with Crippen molar-refractivity contribution in [3.8, 4) is 11.5 Å². The lowest BCUT2D eigenvalue weighted by Gasteiger charge is -2.04. The third-order valence-corrected chi connectivity index (χ3v) is 4.18. The highest BCUT2D eigenvalue weighted by atomic mass is 79.9. The summed E-state index contributed by atoms with van der Waals surface area (Å²) in [5.74, 6) is 0.897. The van der Waals surface area contributed by atoms with Gasteiger partial charge >= 0.3 is 0 Å². The summed E-state index contributed by atoms with van der Waals surface area (Å²) in [5.41, 5.74) is 8.51. The van der Waals surface area contributed by atoms with Crippen LogP contribution in [0.5, 0.6) is 0 Å². The molecule has 0 spiro atoms. The molecule has 2 aromatic heterocycles. The Labute approximate surface area is 130 Å². The lowest BCUT2D eigenvalue weighted by molar-refractivity contribution is 0.598. The normalized spacial score (nSPS) is 15.0. The molecule has 2 heterocycles. The van der Waals surface area contributed by atoms with Crippen LogP contribution in [-0.4, -0.2) is 31.1 Å². The van der Waals surface area contributed by atoms with Crippen LogP contribution in [0, 0.1) is 0 Å². The minimum atomic E-state index is 0.533. The van der Waals surface area contributed by atoms with Crippen LogP contribution in [0.2, 0.25) is 0 Å². The number of nitrogens with two attached hydrogens (primary N) is 1. The van der Waals surface area contributed by atoms with Gasteiger partial charge in [-0.2, -0.15) is 0 Å². The first-order chi connectivity index (χ1) is 10.3. The molecule has 1 fully saturated rings. The monoisotopic (exact) mass is 346 g/mol. The number of fused-ring (bicyclic) bond motifs is 1. The van der Waals surface area contributed by atoms with E-state index in [1.54, 1.807) is 4.68 Å². The number of benzene rings is 1. The van der Waals surface area contributed by atoms with Gasteiger partial charge in [-0.15, -0.1) is 5.10 Å². The van der Waals surface area contributed by atoms with E-state index < -0.39 is 0 Å². The summed E-state index contributed by atoms with van der Waals surface area (Å²) in [4.78, 5) is 4.76. The molecule has 0 atom stereocenters. The van der Waals surface area contributed by atoms with Crippen LogP contribution in [0.1, 0.15) is 18.9 Å². The lowest BCUT2D eigenvalue weighted by atomic mass is 10.3. The van der Waals surface area contributed by atoms with Gasteiger partial charge in [-0.1, -0.05) is 21.1 Å². The second-order valence-electron chi connectivity index (χ2n) is 5.33. The first kappa shape index (κ1) is 13.0. The standard InChI is InChI=1S/C14H15BrN6/c15-9-1-4-13-11(7-9)17-14(21(13)10-2-3-10)12-8-20(6-5-16)19-18-12/h1,4,7-8,10H,2-3,5-6,16H2. The Balaban J connectivity index is 1.88. The molecular weight excluding hydrogens is 332 g/mol. The molecule has 2 N–H and O–H groups in total. The van der Waals surface area contributed by atoms with Gasteiger partial charge in [0.25, 0.3) is 0 Å². The van der Waals surface area contributed by atoms with Gasteiger partial charge < -0.3 is 10.3 Å². The summed E-state index contributed by atoms with van der Waals surface area (Å²) in [5, 5.41) is 8.37. The summed E-state index contributed by atoms with van der Waals surface area (Å²) in [6.07, 6.45) is 4.32. The highest BCUT2D eigenvalue weighted by Gasteiger charge is 2.29. The van der Waals surface area contributed by atoms with Gasteiger partial charge in [0, 0.05) is 17.1 Å². The van der Waals surface area contributed by atoms with Crippen molar-refractivity contribution in [2.75, 3.05) is 6.54 Å². The minimum Gasteiger partial charge on any atom is -0.329 e. The first-order valence-corrected chi connectivity index (χ1v) is 7.83. The van der Waals surface area contributed by atoms with Crippen molar-refractivity contribution in [3.63, 3.8) is 0 Å². The first-order valence-electron chi connectivity index (χ1n) is 7.04. The maximum absolute atomic E-state index is 5.56. The van der Waals surface area contributed by atoms with E-state index in [2.05, 4.69) is 42.9 Å². The van der Waals surface area contributed by atoms with E-state index in [0.29, 0.717) is 19.1 Å². The highest BCUT2D eigenvalue weighted by molar-refractivity contribution is 9.10. The third kappa shape index (κ3) is 2.26.